The van der Waals surface area contributed by atoms with Crippen molar-refractivity contribution in [2.75, 3.05) is 13.1 Å². The highest BCUT2D eigenvalue weighted by Gasteiger charge is 2.34. The number of carbonyl (C=O) groups is 2. The third kappa shape index (κ3) is 2.90. The van der Waals surface area contributed by atoms with Gasteiger partial charge in [0.25, 0.3) is 0 Å². The first-order chi connectivity index (χ1) is 9.82. The standard InChI is InChI=1S/C14H17ClN2O4/c1-8(2)17-6-5-16(13(20)14(17)21)7-9-3-4-10(18)12(19)11(9)15/h3-4,8,18-19H,5-7H2,1-2H3. The van der Waals surface area contributed by atoms with E-state index in [4.69, 9.17) is 11.6 Å². The highest BCUT2D eigenvalue weighted by atomic mass is 35.5. The molecule has 0 atom stereocenters. The zero-order valence-electron chi connectivity index (χ0n) is 11.8. The van der Waals surface area contributed by atoms with Crippen molar-refractivity contribution in [3.8, 4) is 11.5 Å². The van der Waals surface area contributed by atoms with E-state index < -0.39 is 17.6 Å². The fraction of sp³-hybridized carbons (Fsp3) is 0.429. The number of piperazine rings is 1. The first-order valence-electron chi connectivity index (χ1n) is 6.62. The average molecular weight is 313 g/mol. The number of amides is 2. The topological polar surface area (TPSA) is 81.1 Å². The Kier molecular flexibility index (Phi) is 4.27. The van der Waals surface area contributed by atoms with Gasteiger partial charge < -0.3 is 20.0 Å². The first kappa shape index (κ1) is 15.4. The van der Waals surface area contributed by atoms with Crippen molar-refractivity contribution in [3.05, 3.63) is 22.7 Å². The van der Waals surface area contributed by atoms with Gasteiger partial charge in [0.15, 0.2) is 11.5 Å². The SMILES string of the molecule is CC(C)N1CCN(Cc2ccc(O)c(O)c2Cl)C(=O)C1=O. The minimum atomic E-state index is -0.585. The van der Waals surface area contributed by atoms with Gasteiger partial charge in [-0.05, 0) is 25.5 Å². The Morgan fingerprint density at radius 2 is 1.86 bits per heavy atom. The molecule has 2 amide bonds. The predicted octanol–water partition coefficient (Wildman–Crippen LogP) is 1.33. The molecule has 0 saturated carbocycles. The normalized spacial score (nSPS) is 16.0. The van der Waals surface area contributed by atoms with Crippen LogP contribution >= 0.6 is 11.6 Å². The molecule has 114 valence electrons. The Morgan fingerprint density at radius 3 is 2.48 bits per heavy atom. The zero-order chi connectivity index (χ0) is 15.7. The Morgan fingerprint density at radius 1 is 1.19 bits per heavy atom. The number of rotatable bonds is 3. The van der Waals surface area contributed by atoms with Gasteiger partial charge in [-0.15, -0.1) is 0 Å². The molecule has 0 aliphatic carbocycles. The number of nitrogens with zero attached hydrogens (tertiary/aromatic N) is 2. The van der Waals surface area contributed by atoms with Crippen LogP contribution in [-0.2, 0) is 16.1 Å². The van der Waals surface area contributed by atoms with Crippen LogP contribution in [0, 0.1) is 0 Å². The van der Waals surface area contributed by atoms with Gasteiger partial charge in [-0.25, -0.2) is 0 Å². The quantitative estimate of drug-likeness (QED) is 0.652. The summed E-state index contributed by atoms with van der Waals surface area (Å²) in [6.07, 6.45) is 0. The molecule has 2 N–H and O–H groups in total. The lowest BCUT2D eigenvalue weighted by Gasteiger charge is -2.36. The average Bonchev–Trinajstić information content (AvgIpc) is 2.44. The lowest BCUT2D eigenvalue weighted by Crippen LogP contribution is -2.55. The van der Waals surface area contributed by atoms with Gasteiger partial charge in [-0.1, -0.05) is 17.7 Å². The zero-order valence-corrected chi connectivity index (χ0v) is 12.6. The van der Waals surface area contributed by atoms with Gasteiger partial charge in [0, 0.05) is 25.7 Å². The lowest BCUT2D eigenvalue weighted by atomic mass is 10.1. The van der Waals surface area contributed by atoms with Crippen LogP contribution in [0.1, 0.15) is 19.4 Å². The molecule has 0 spiro atoms. The second-order valence-corrected chi connectivity index (χ2v) is 5.60. The van der Waals surface area contributed by atoms with Crippen molar-refractivity contribution in [2.45, 2.75) is 26.4 Å². The van der Waals surface area contributed by atoms with Crippen LogP contribution in [0.4, 0.5) is 0 Å². The van der Waals surface area contributed by atoms with Gasteiger partial charge in [0.05, 0.1) is 5.02 Å². The predicted molar refractivity (Wildman–Crippen MR) is 77.0 cm³/mol. The molecule has 1 heterocycles. The van der Waals surface area contributed by atoms with Crippen LogP contribution in [-0.4, -0.2) is 51.0 Å². The van der Waals surface area contributed by atoms with E-state index in [1.807, 2.05) is 13.8 Å². The van der Waals surface area contributed by atoms with E-state index in [9.17, 15) is 19.8 Å². The van der Waals surface area contributed by atoms with E-state index >= 15 is 0 Å². The summed E-state index contributed by atoms with van der Waals surface area (Å²) < 4.78 is 0. The molecule has 1 aliphatic heterocycles. The van der Waals surface area contributed by atoms with E-state index in [0.717, 1.165) is 0 Å². The molecular formula is C14H17ClN2O4. The van der Waals surface area contributed by atoms with E-state index in [1.54, 1.807) is 0 Å². The van der Waals surface area contributed by atoms with Crippen LogP contribution in [0.3, 0.4) is 0 Å². The molecule has 0 radical (unpaired) electrons. The van der Waals surface area contributed by atoms with Gasteiger partial charge >= 0.3 is 11.8 Å². The molecule has 21 heavy (non-hydrogen) atoms. The Labute approximate surface area is 127 Å². The molecule has 1 aliphatic rings. The van der Waals surface area contributed by atoms with E-state index in [2.05, 4.69) is 0 Å². The summed E-state index contributed by atoms with van der Waals surface area (Å²) in [5, 5.41) is 18.9. The summed E-state index contributed by atoms with van der Waals surface area (Å²) in [7, 11) is 0. The summed E-state index contributed by atoms with van der Waals surface area (Å²) >= 11 is 5.94. The number of phenolic OH excluding ortho intramolecular Hbond substituents is 2. The molecule has 1 aromatic carbocycles. The summed E-state index contributed by atoms with van der Waals surface area (Å²) in [5.74, 6) is -1.86. The van der Waals surface area contributed by atoms with Gasteiger partial charge in [0.2, 0.25) is 0 Å². The van der Waals surface area contributed by atoms with E-state index in [0.29, 0.717) is 18.7 Å². The highest BCUT2D eigenvalue weighted by Crippen LogP contribution is 2.36. The van der Waals surface area contributed by atoms with Crippen molar-refractivity contribution in [1.82, 2.24) is 9.80 Å². The summed E-state index contributed by atoms with van der Waals surface area (Å²) in [6, 6.07) is 2.79. The second-order valence-electron chi connectivity index (χ2n) is 5.23. The monoisotopic (exact) mass is 312 g/mol. The molecule has 2 rings (SSSR count). The van der Waals surface area contributed by atoms with Crippen molar-refractivity contribution in [2.24, 2.45) is 0 Å². The Balaban J connectivity index is 2.17. The number of benzene rings is 1. The van der Waals surface area contributed by atoms with E-state index in [1.165, 1.54) is 21.9 Å². The molecule has 1 saturated heterocycles. The molecule has 1 fully saturated rings. The fourth-order valence-corrected chi connectivity index (χ4v) is 2.48. The number of phenols is 2. The Bertz CT molecular complexity index is 589. The summed E-state index contributed by atoms with van der Waals surface area (Å²) in [6.45, 7) is 4.69. The van der Waals surface area contributed by atoms with Gasteiger partial charge in [-0.3, -0.25) is 9.59 Å². The van der Waals surface area contributed by atoms with Crippen LogP contribution < -0.4 is 0 Å². The van der Waals surface area contributed by atoms with Crippen LogP contribution in [0.25, 0.3) is 0 Å². The smallest absolute Gasteiger partial charge is 0.312 e. The minimum absolute atomic E-state index is 0.0125. The van der Waals surface area contributed by atoms with Gasteiger partial charge in [0.1, 0.15) is 0 Å². The molecule has 1 aromatic rings. The molecule has 7 heteroatoms. The van der Waals surface area contributed by atoms with Gasteiger partial charge in [-0.2, -0.15) is 0 Å². The van der Waals surface area contributed by atoms with Crippen molar-refractivity contribution < 1.29 is 19.8 Å². The van der Waals surface area contributed by atoms with Crippen LogP contribution in [0.15, 0.2) is 12.1 Å². The number of halogens is 1. The molecule has 6 nitrogen and oxygen atoms in total. The first-order valence-corrected chi connectivity index (χ1v) is 7.00. The van der Waals surface area contributed by atoms with Crippen molar-refractivity contribution in [3.63, 3.8) is 0 Å². The molecular weight excluding hydrogens is 296 g/mol. The maximum Gasteiger partial charge on any atom is 0.312 e. The van der Waals surface area contributed by atoms with Crippen LogP contribution in [0.2, 0.25) is 5.02 Å². The largest absolute Gasteiger partial charge is 0.504 e. The maximum atomic E-state index is 12.1. The maximum absolute atomic E-state index is 12.1. The number of aromatic hydroxyl groups is 2. The molecule has 0 bridgehead atoms. The van der Waals surface area contributed by atoms with Crippen molar-refractivity contribution >= 4 is 23.4 Å². The molecule has 0 unspecified atom stereocenters. The third-order valence-corrected chi connectivity index (χ3v) is 3.92. The molecule has 0 aromatic heterocycles. The minimum Gasteiger partial charge on any atom is -0.504 e. The number of carbonyl (C=O) groups excluding carboxylic acids is 2. The highest BCUT2D eigenvalue weighted by molar-refractivity contribution is 6.35. The van der Waals surface area contributed by atoms with E-state index in [-0.39, 0.29) is 23.4 Å². The van der Waals surface area contributed by atoms with Crippen molar-refractivity contribution in [1.29, 1.82) is 0 Å². The van der Waals surface area contributed by atoms with Crippen LogP contribution in [0.5, 0.6) is 11.5 Å². The summed E-state index contributed by atoms with van der Waals surface area (Å²) in [5.41, 5.74) is 0.478. The number of hydrogen-bond acceptors (Lipinski definition) is 4. The Hall–Kier alpha value is -1.95. The second kappa shape index (κ2) is 5.81. The fourth-order valence-electron chi connectivity index (χ4n) is 2.26. The number of hydrogen-bond donors (Lipinski definition) is 2. The summed E-state index contributed by atoms with van der Waals surface area (Å²) in [4.78, 5) is 27.0. The lowest BCUT2D eigenvalue weighted by molar-refractivity contribution is -0.157. The third-order valence-electron chi connectivity index (χ3n) is 3.50.